The Morgan fingerprint density at radius 2 is 1.91 bits per heavy atom. The summed E-state index contributed by atoms with van der Waals surface area (Å²) in [5.74, 6) is 0.830. The fourth-order valence-corrected chi connectivity index (χ4v) is 2.60. The largest absolute Gasteiger partial charge is 0.358 e. The zero-order valence-electron chi connectivity index (χ0n) is 12.9. The lowest BCUT2D eigenvalue weighted by molar-refractivity contribution is -0.438. The van der Waals surface area contributed by atoms with Crippen LogP contribution < -0.4 is 10.3 Å². The topological polar surface area (TPSA) is 46.3 Å². The van der Waals surface area contributed by atoms with Gasteiger partial charge in [-0.15, -0.1) is 0 Å². The van der Waals surface area contributed by atoms with E-state index in [0.29, 0.717) is 13.1 Å². The molecule has 1 amide bonds. The molecule has 22 heavy (non-hydrogen) atoms. The number of hydrogen-bond acceptors (Lipinski definition) is 2. The highest BCUT2D eigenvalue weighted by molar-refractivity contribution is 6.04. The van der Waals surface area contributed by atoms with Crippen LogP contribution in [0.15, 0.2) is 48.5 Å². The molecule has 0 radical (unpaired) electrons. The lowest BCUT2D eigenvalue weighted by Crippen LogP contribution is -2.72. The first-order valence-corrected chi connectivity index (χ1v) is 7.43. The molecule has 0 aliphatic carbocycles. The fourth-order valence-electron chi connectivity index (χ4n) is 2.60. The number of nitrogens with one attached hydrogen (secondary N) is 2. The van der Waals surface area contributed by atoms with E-state index in [4.69, 9.17) is 0 Å². The lowest BCUT2D eigenvalue weighted by atomic mass is 10.1. The smallest absolute Gasteiger partial charge is 0.266 e. The van der Waals surface area contributed by atoms with Gasteiger partial charge in [0.2, 0.25) is 0 Å². The van der Waals surface area contributed by atoms with Crippen LogP contribution in [-0.4, -0.2) is 23.3 Å². The third-order valence-corrected chi connectivity index (χ3v) is 3.80. The molecule has 1 aliphatic heterocycles. The summed E-state index contributed by atoms with van der Waals surface area (Å²) in [5, 5.41) is 3.35. The first kappa shape index (κ1) is 14.3. The summed E-state index contributed by atoms with van der Waals surface area (Å²) < 4.78 is 0. The highest BCUT2D eigenvalue weighted by atomic mass is 16.2. The van der Waals surface area contributed by atoms with Gasteiger partial charge < -0.3 is 0 Å². The number of aryl methyl sites for hydroxylation is 2. The summed E-state index contributed by atoms with van der Waals surface area (Å²) in [4.78, 5) is 17.0. The van der Waals surface area contributed by atoms with Gasteiger partial charge in [-0.3, -0.25) is 9.79 Å². The molecule has 2 N–H and O–H groups in total. The van der Waals surface area contributed by atoms with E-state index < -0.39 is 0 Å². The number of benzene rings is 2. The molecule has 1 heterocycles. The van der Waals surface area contributed by atoms with Crippen molar-refractivity contribution in [2.45, 2.75) is 20.4 Å². The predicted octanol–water partition coefficient (Wildman–Crippen LogP) is 1.19. The van der Waals surface area contributed by atoms with Gasteiger partial charge in [-0.05, 0) is 31.0 Å². The Morgan fingerprint density at radius 1 is 1.14 bits per heavy atom. The van der Waals surface area contributed by atoms with E-state index in [1.54, 1.807) is 4.90 Å². The summed E-state index contributed by atoms with van der Waals surface area (Å²) >= 11 is 0. The minimum atomic E-state index is 0.0797. The van der Waals surface area contributed by atoms with Crippen molar-refractivity contribution in [3.8, 4) is 0 Å². The minimum absolute atomic E-state index is 0.0797. The third-order valence-electron chi connectivity index (χ3n) is 3.80. The standard InChI is InChI=1S/C18H19N3O/c1-13-8-9-16(14(2)10-13)20-18-19-11-17(22)21(18)12-15-6-4-3-5-7-15/h3-10H,11-12H2,1-2H3,(H,19,20)/p+1. The normalized spacial score (nSPS) is 14.2. The Balaban J connectivity index is 1.78. The molecule has 0 unspecified atom stereocenters. The first-order valence-electron chi connectivity index (χ1n) is 7.43. The van der Waals surface area contributed by atoms with Crippen molar-refractivity contribution in [2.75, 3.05) is 11.9 Å². The van der Waals surface area contributed by atoms with Gasteiger partial charge in [0, 0.05) is 0 Å². The van der Waals surface area contributed by atoms with E-state index in [-0.39, 0.29) is 5.91 Å². The van der Waals surface area contributed by atoms with Crippen LogP contribution in [0.4, 0.5) is 5.69 Å². The lowest BCUT2D eigenvalue weighted by Gasteiger charge is -2.13. The highest BCUT2D eigenvalue weighted by Crippen LogP contribution is 2.17. The number of nitrogens with zero attached hydrogens (tertiary/aromatic N) is 1. The SMILES string of the molecule is Cc1ccc(NC2=[NH+]CC(=O)N2Cc2ccccc2)c(C)c1. The van der Waals surface area contributed by atoms with Gasteiger partial charge in [0.25, 0.3) is 0 Å². The van der Waals surface area contributed by atoms with Crippen molar-refractivity contribution in [1.29, 1.82) is 0 Å². The zero-order chi connectivity index (χ0) is 15.5. The van der Waals surface area contributed by atoms with Gasteiger partial charge in [0.15, 0.2) is 6.54 Å². The molecule has 0 aromatic heterocycles. The van der Waals surface area contributed by atoms with Crippen LogP contribution in [0.25, 0.3) is 0 Å². The second kappa shape index (κ2) is 6.02. The van der Waals surface area contributed by atoms with Crippen LogP contribution in [0, 0.1) is 13.8 Å². The molecule has 4 nitrogen and oxygen atoms in total. The van der Waals surface area contributed by atoms with Crippen LogP contribution in [-0.2, 0) is 11.3 Å². The number of carbonyl (C=O) groups excluding carboxylic acids is 1. The van der Waals surface area contributed by atoms with E-state index in [1.165, 1.54) is 5.56 Å². The summed E-state index contributed by atoms with van der Waals surface area (Å²) in [6, 6.07) is 16.2. The molecule has 0 saturated heterocycles. The number of anilines is 1. The van der Waals surface area contributed by atoms with E-state index in [9.17, 15) is 4.79 Å². The molecule has 4 heteroatoms. The molecule has 3 rings (SSSR count). The number of hydrogen-bond donors (Lipinski definition) is 2. The maximum absolute atomic E-state index is 12.1. The maximum Gasteiger partial charge on any atom is 0.358 e. The van der Waals surface area contributed by atoms with Crippen LogP contribution >= 0.6 is 0 Å². The van der Waals surface area contributed by atoms with Gasteiger partial charge in [-0.2, -0.15) is 4.90 Å². The van der Waals surface area contributed by atoms with Crippen molar-refractivity contribution < 1.29 is 9.79 Å². The van der Waals surface area contributed by atoms with Crippen molar-refractivity contribution in [2.24, 2.45) is 0 Å². The van der Waals surface area contributed by atoms with Crippen LogP contribution in [0.2, 0.25) is 0 Å². The van der Waals surface area contributed by atoms with E-state index in [0.717, 1.165) is 22.8 Å². The Labute approximate surface area is 130 Å². The molecule has 0 spiro atoms. The zero-order valence-corrected chi connectivity index (χ0v) is 12.9. The Morgan fingerprint density at radius 3 is 2.64 bits per heavy atom. The minimum Gasteiger partial charge on any atom is -0.266 e. The van der Waals surface area contributed by atoms with Crippen LogP contribution in [0.5, 0.6) is 0 Å². The summed E-state index contributed by atoms with van der Waals surface area (Å²) in [5.41, 5.74) is 4.51. The van der Waals surface area contributed by atoms with E-state index in [2.05, 4.69) is 36.3 Å². The maximum atomic E-state index is 12.1. The monoisotopic (exact) mass is 294 g/mol. The van der Waals surface area contributed by atoms with Crippen LogP contribution in [0.1, 0.15) is 16.7 Å². The average Bonchev–Trinajstić information content (AvgIpc) is 2.84. The number of amides is 1. The van der Waals surface area contributed by atoms with Crippen molar-refractivity contribution >= 4 is 17.6 Å². The highest BCUT2D eigenvalue weighted by Gasteiger charge is 2.33. The number of guanidine groups is 1. The molecular formula is C18H20N3O+. The summed E-state index contributed by atoms with van der Waals surface area (Å²) in [6.07, 6.45) is 0. The van der Waals surface area contributed by atoms with Crippen molar-refractivity contribution in [3.63, 3.8) is 0 Å². The predicted molar refractivity (Wildman–Crippen MR) is 87.4 cm³/mol. The van der Waals surface area contributed by atoms with Crippen LogP contribution in [0.3, 0.4) is 0 Å². The molecule has 1 aliphatic rings. The first-order chi connectivity index (χ1) is 10.6. The number of rotatable bonds is 3. The fraction of sp³-hybridized carbons (Fsp3) is 0.222. The Bertz CT molecular complexity index is 722. The second-order valence-corrected chi connectivity index (χ2v) is 5.61. The second-order valence-electron chi connectivity index (χ2n) is 5.61. The molecule has 0 saturated carbocycles. The molecule has 0 bridgehead atoms. The van der Waals surface area contributed by atoms with Gasteiger partial charge in [-0.1, -0.05) is 48.0 Å². The van der Waals surface area contributed by atoms with Crippen molar-refractivity contribution in [3.05, 3.63) is 65.2 Å². The van der Waals surface area contributed by atoms with Gasteiger partial charge >= 0.3 is 11.9 Å². The third kappa shape index (κ3) is 3.01. The van der Waals surface area contributed by atoms with Gasteiger partial charge in [0.05, 0.1) is 0 Å². The van der Waals surface area contributed by atoms with E-state index in [1.807, 2.05) is 36.4 Å². The summed E-state index contributed by atoms with van der Waals surface area (Å²) in [7, 11) is 0. The van der Waals surface area contributed by atoms with Gasteiger partial charge in [0.1, 0.15) is 12.2 Å². The molecule has 2 aromatic carbocycles. The Hall–Kier alpha value is -2.62. The van der Waals surface area contributed by atoms with Crippen molar-refractivity contribution in [1.82, 2.24) is 4.90 Å². The van der Waals surface area contributed by atoms with E-state index >= 15 is 0 Å². The van der Waals surface area contributed by atoms with Gasteiger partial charge in [-0.25, -0.2) is 5.32 Å². The Kier molecular flexibility index (Phi) is 3.92. The molecule has 112 valence electrons. The average molecular weight is 294 g/mol. The summed E-state index contributed by atoms with van der Waals surface area (Å²) in [6.45, 7) is 5.04. The molecule has 2 aromatic rings. The number of carbonyl (C=O) groups is 1. The quantitative estimate of drug-likeness (QED) is 0.893. The molecule has 0 atom stereocenters. The molecule has 0 fully saturated rings. The molecular weight excluding hydrogens is 274 g/mol.